The maximum absolute atomic E-state index is 12.7. The molecule has 0 bridgehead atoms. The first-order valence-electron chi connectivity index (χ1n) is 10.9. The van der Waals surface area contributed by atoms with E-state index in [2.05, 4.69) is 5.32 Å². The van der Waals surface area contributed by atoms with Crippen LogP contribution in [-0.2, 0) is 9.59 Å². The van der Waals surface area contributed by atoms with Crippen molar-refractivity contribution >= 4 is 23.4 Å². The van der Waals surface area contributed by atoms with E-state index in [4.69, 9.17) is 16.3 Å². The lowest BCUT2D eigenvalue weighted by molar-refractivity contribution is -0.137. The summed E-state index contributed by atoms with van der Waals surface area (Å²) >= 11 is 6.23. The van der Waals surface area contributed by atoms with Gasteiger partial charge in [0.05, 0.1) is 0 Å². The van der Waals surface area contributed by atoms with Crippen molar-refractivity contribution < 1.29 is 14.3 Å². The van der Waals surface area contributed by atoms with Crippen LogP contribution >= 0.6 is 11.6 Å². The summed E-state index contributed by atoms with van der Waals surface area (Å²) in [6.45, 7) is 5.17. The molecule has 160 valence electrons. The Morgan fingerprint density at radius 1 is 1.14 bits per heavy atom. The van der Waals surface area contributed by atoms with Crippen molar-refractivity contribution in [3.05, 3.63) is 28.8 Å². The molecule has 2 aliphatic rings. The van der Waals surface area contributed by atoms with Gasteiger partial charge >= 0.3 is 0 Å². The molecule has 1 saturated heterocycles. The van der Waals surface area contributed by atoms with Crippen molar-refractivity contribution in [3.8, 4) is 5.75 Å². The fourth-order valence-corrected chi connectivity index (χ4v) is 4.59. The predicted octanol–water partition coefficient (Wildman–Crippen LogP) is 4.53. The van der Waals surface area contributed by atoms with Crippen LogP contribution in [0.25, 0.3) is 0 Å². The van der Waals surface area contributed by atoms with Crippen LogP contribution in [0.5, 0.6) is 5.75 Å². The summed E-state index contributed by atoms with van der Waals surface area (Å²) in [6, 6.07) is 5.86. The number of hydrogen-bond donors (Lipinski definition) is 1. The molecule has 3 rings (SSSR count). The zero-order chi connectivity index (χ0) is 20.8. The molecule has 1 N–H and O–H groups in total. The summed E-state index contributed by atoms with van der Waals surface area (Å²) in [5.41, 5.74) is 1.13. The van der Waals surface area contributed by atoms with Crippen LogP contribution in [0.15, 0.2) is 18.2 Å². The summed E-state index contributed by atoms with van der Waals surface area (Å²) in [5, 5.41) is 3.68. The van der Waals surface area contributed by atoms with Crippen molar-refractivity contribution in [1.29, 1.82) is 0 Å². The van der Waals surface area contributed by atoms with Gasteiger partial charge in [-0.25, -0.2) is 0 Å². The number of rotatable bonds is 6. The number of carbonyl (C=O) groups excluding carboxylic acids is 2. The highest BCUT2D eigenvalue weighted by Crippen LogP contribution is 2.38. The summed E-state index contributed by atoms with van der Waals surface area (Å²) < 4.78 is 5.96. The van der Waals surface area contributed by atoms with Gasteiger partial charge < -0.3 is 15.0 Å². The van der Waals surface area contributed by atoms with Crippen LogP contribution in [0, 0.1) is 5.92 Å². The summed E-state index contributed by atoms with van der Waals surface area (Å²) in [7, 11) is 0. The van der Waals surface area contributed by atoms with Gasteiger partial charge in [0.1, 0.15) is 5.75 Å². The molecule has 2 fully saturated rings. The highest BCUT2D eigenvalue weighted by Gasteiger charge is 2.28. The van der Waals surface area contributed by atoms with Gasteiger partial charge in [-0.15, -0.1) is 0 Å². The summed E-state index contributed by atoms with van der Waals surface area (Å²) in [5.74, 6) is 1.32. The van der Waals surface area contributed by atoms with Gasteiger partial charge in [0.15, 0.2) is 6.61 Å². The Morgan fingerprint density at radius 2 is 1.83 bits per heavy atom. The molecule has 0 radical (unpaired) electrons. The van der Waals surface area contributed by atoms with Gasteiger partial charge in [0, 0.05) is 30.1 Å². The number of nitrogens with zero attached hydrogens (tertiary/aromatic N) is 1. The van der Waals surface area contributed by atoms with E-state index in [1.54, 1.807) is 0 Å². The lowest BCUT2D eigenvalue weighted by Gasteiger charge is -2.32. The zero-order valence-corrected chi connectivity index (χ0v) is 18.3. The quantitative estimate of drug-likeness (QED) is 0.735. The second kappa shape index (κ2) is 10.3. The average molecular weight is 421 g/mol. The van der Waals surface area contributed by atoms with Crippen molar-refractivity contribution in [2.24, 2.45) is 5.92 Å². The molecule has 2 amide bonds. The fraction of sp³-hybridized carbons (Fsp3) is 0.652. The number of nitrogens with one attached hydrogen (secondary N) is 1. The van der Waals surface area contributed by atoms with Crippen LogP contribution < -0.4 is 10.1 Å². The van der Waals surface area contributed by atoms with E-state index >= 15 is 0 Å². The number of likely N-dealkylation sites (tertiary alicyclic amines) is 1. The van der Waals surface area contributed by atoms with Crippen molar-refractivity contribution in [2.45, 2.75) is 70.8 Å². The number of halogens is 1. The van der Waals surface area contributed by atoms with E-state index in [1.807, 2.05) is 36.9 Å². The third-order valence-electron chi connectivity index (χ3n) is 6.02. The van der Waals surface area contributed by atoms with E-state index in [0.29, 0.717) is 36.9 Å². The topological polar surface area (TPSA) is 58.6 Å². The van der Waals surface area contributed by atoms with Crippen LogP contribution in [0.2, 0.25) is 5.02 Å². The number of carbonyl (C=O) groups is 2. The SMILES string of the molecule is CC(C)NC(=O)C1CCN(C(=O)COc2ccc(Cl)cc2C2CCCCC2)CC1. The molecule has 1 saturated carbocycles. The van der Waals surface area contributed by atoms with Gasteiger partial charge in [-0.1, -0.05) is 30.9 Å². The largest absolute Gasteiger partial charge is 0.483 e. The van der Waals surface area contributed by atoms with E-state index in [-0.39, 0.29) is 30.4 Å². The Hall–Kier alpha value is -1.75. The smallest absolute Gasteiger partial charge is 0.260 e. The normalized spacial score (nSPS) is 18.7. The molecule has 1 aliphatic carbocycles. The standard InChI is InChI=1S/C23H33ClN2O3/c1-16(2)25-23(28)18-10-12-26(13-11-18)22(27)15-29-21-9-8-19(24)14-20(21)17-6-4-3-5-7-17/h8-9,14,16-18H,3-7,10-13,15H2,1-2H3,(H,25,28). The number of amides is 2. The molecule has 29 heavy (non-hydrogen) atoms. The molecule has 1 aliphatic heterocycles. The number of piperidine rings is 1. The van der Waals surface area contributed by atoms with Crippen LogP contribution in [0.3, 0.4) is 0 Å². The predicted molar refractivity (Wildman–Crippen MR) is 115 cm³/mol. The fourth-order valence-electron chi connectivity index (χ4n) is 4.41. The molecule has 1 aromatic carbocycles. The minimum Gasteiger partial charge on any atom is -0.483 e. The molecule has 0 spiro atoms. The molecule has 5 nitrogen and oxygen atoms in total. The highest BCUT2D eigenvalue weighted by atomic mass is 35.5. The molecule has 1 heterocycles. The second-order valence-corrected chi connectivity index (χ2v) is 9.06. The first-order valence-corrected chi connectivity index (χ1v) is 11.3. The van der Waals surface area contributed by atoms with Crippen LogP contribution in [0.1, 0.15) is 70.3 Å². The van der Waals surface area contributed by atoms with Gasteiger partial charge in [-0.05, 0) is 69.2 Å². The minimum absolute atomic E-state index is 0.00321. The third-order valence-corrected chi connectivity index (χ3v) is 6.25. The van der Waals surface area contributed by atoms with Crippen LogP contribution in [-0.4, -0.2) is 42.5 Å². The maximum Gasteiger partial charge on any atom is 0.260 e. The number of benzene rings is 1. The van der Waals surface area contributed by atoms with Crippen molar-refractivity contribution in [1.82, 2.24) is 10.2 Å². The Labute approximate surface area is 179 Å². The average Bonchev–Trinajstić information content (AvgIpc) is 2.73. The second-order valence-electron chi connectivity index (χ2n) is 8.62. The zero-order valence-electron chi connectivity index (χ0n) is 17.6. The van der Waals surface area contributed by atoms with Gasteiger partial charge in [0.25, 0.3) is 5.91 Å². The van der Waals surface area contributed by atoms with Gasteiger partial charge in [-0.2, -0.15) is 0 Å². The summed E-state index contributed by atoms with van der Waals surface area (Å²) in [4.78, 5) is 26.6. The lowest BCUT2D eigenvalue weighted by Crippen LogP contribution is -2.45. The van der Waals surface area contributed by atoms with E-state index in [1.165, 1.54) is 19.3 Å². The molecule has 0 aromatic heterocycles. The first-order chi connectivity index (χ1) is 13.9. The molecule has 6 heteroatoms. The Balaban J connectivity index is 1.53. The van der Waals surface area contributed by atoms with E-state index < -0.39 is 0 Å². The van der Waals surface area contributed by atoms with Gasteiger partial charge in [0.2, 0.25) is 5.91 Å². The van der Waals surface area contributed by atoms with Crippen LogP contribution in [0.4, 0.5) is 0 Å². The lowest BCUT2D eigenvalue weighted by atomic mass is 9.84. The third kappa shape index (κ3) is 6.11. The van der Waals surface area contributed by atoms with Gasteiger partial charge in [-0.3, -0.25) is 9.59 Å². The van der Waals surface area contributed by atoms with Crippen molar-refractivity contribution in [3.63, 3.8) is 0 Å². The number of hydrogen-bond acceptors (Lipinski definition) is 3. The highest BCUT2D eigenvalue weighted by molar-refractivity contribution is 6.30. The van der Waals surface area contributed by atoms with E-state index in [9.17, 15) is 9.59 Å². The van der Waals surface area contributed by atoms with E-state index in [0.717, 1.165) is 24.2 Å². The molecule has 0 atom stereocenters. The Morgan fingerprint density at radius 3 is 2.48 bits per heavy atom. The minimum atomic E-state index is -0.0164. The monoisotopic (exact) mass is 420 g/mol. The first kappa shape index (κ1) is 21.9. The Bertz CT molecular complexity index is 708. The maximum atomic E-state index is 12.7. The van der Waals surface area contributed by atoms with Crippen molar-refractivity contribution in [2.75, 3.05) is 19.7 Å². The number of ether oxygens (including phenoxy) is 1. The summed E-state index contributed by atoms with van der Waals surface area (Å²) in [6.07, 6.45) is 7.46. The molecular formula is C23H33ClN2O3. The Kier molecular flexibility index (Phi) is 7.82. The molecular weight excluding hydrogens is 388 g/mol. The molecule has 1 aromatic rings. The molecule has 0 unspecified atom stereocenters.